The smallest absolute Gasteiger partial charge is 0.186 e. The number of ether oxygens (including phenoxy) is 4. The average Bonchev–Trinajstić information content (AvgIpc) is 3.18. The number of hydrogen-bond acceptors (Lipinski definition) is 8. The molecule has 23 heavy (non-hydrogen) atoms. The van der Waals surface area contributed by atoms with Crippen LogP contribution in [0.25, 0.3) is 11.2 Å². The van der Waals surface area contributed by atoms with Crippen molar-refractivity contribution in [3.63, 3.8) is 0 Å². The SMILES string of the molecule is CO[C@@H]1O[C@H](CSc2ncnc3nc[nH]c23)[C@@H]2OC(C)(C)O[C@H]12. The second kappa shape index (κ2) is 5.67. The van der Waals surface area contributed by atoms with Crippen LogP contribution < -0.4 is 0 Å². The normalized spacial score (nSPS) is 32.5. The Morgan fingerprint density at radius 2 is 2.09 bits per heavy atom. The van der Waals surface area contributed by atoms with Crippen molar-refractivity contribution < 1.29 is 18.9 Å². The first kappa shape index (κ1) is 15.3. The van der Waals surface area contributed by atoms with E-state index < -0.39 is 12.1 Å². The molecule has 2 aromatic rings. The molecule has 2 aliphatic rings. The van der Waals surface area contributed by atoms with Crippen LogP contribution in [0.2, 0.25) is 0 Å². The van der Waals surface area contributed by atoms with Gasteiger partial charge in [-0.3, -0.25) is 0 Å². The Hall–Kier alpha value is -1.26. The quantitative estimate of drug-likeness (QED) is 0.659. The summed E-state index contributed by atoms with van der Waals surface area (Å²) in [5.41, 5.74) is 1.49. The molecule has 4 rings (SSSR count). The molecule has 4 heterocycles. The van der Waals surface area contributed by atoms with Crippen LogP contribution in [0.3, 0.4) is 0 Å². The molecule has 9 heteroatoms. The van der Waals surface area contributed by atoms with Crippen LogP contribution in [0, 0.1) is 0 Å². The van der Waals surface area contributed by atoms with E-state index in [1.54, 1.807) is 25.2 Å². The molecule has 2 saturated heterocycles. The third kappa shape index (κ3) is 2.72. The minimum Gasteiger partial charge on any atom is -0.353 e. The summed E-state index contributed by atoms with van der Waals surface area (Å²) in [7, 11) is 1.62. The minimum atomic E-state index is -0.621. The molecule has 0 aliphatic carbocycles. The standard InChI is InChI=1S/C14H18N4O4S/c1-14(2)21-9-7(20-13(19-3)10(9)22-14)4-23-12-8-11(16-5-15-8)17-6-18-12/h5-7,9-10,13H,4H2,1-3H3,(H,15,16,17,18)/t7-,9+,10+,13-/m1/s1. The number of aromatic amines is 1. The van der Waals surface area contributed by atoms with E-state index >= 15 is 0 Å². The molecular formula is C14H18N4O4S. The molecule has 8 nitrogen and oxygen atoms in total. The van der Waals surface area contributed by atoms with E-state index in [0.29, 0.717) is 11.4 Å². The van der Waals surface area contributed by atoms with Crippen molar-refractivity contribution in [2.24, 2.45) is 0 Å². The Morgan fingerprint density at radius 1 is 1.26 bits per heavy atom. The van der Waals surface area contributed by atoms with Crippen molar-refractivity contribution in [1.29, 1.82) is 0 Å². The number of aromatic nitrogens is 4. The van der Waals surface area contributed by atoms with Gasteiger partial charge in [-0.05, 0) is 13.8 Å². The van der Waals surface area contributed by atoms with Crippen LogP contribution in [-0.4, -0.2) is 63.2 Å². The minimum absolute atomic E-state index is 0.135. The molecule has 2 fully saturated rings. The molecule has 0 spiro atoms. The fourth-order valence-corrected chi connectivity index (χ4v) is 3.99. The topological polar surface area (TPSA) is 91.4 Å². The van der Waals surface area contributed by atoms with E-state index in [0.717, 1.165) is 10.5 Å². The molecule has 0 amide bonds. The Bertz CT molecular complexity index is 709. The molecule has 0 aromatic carbocycles. The second-order valence-corrected chi connectivity index (χ2v) is 6.94. The van der Waals surface area contributed by atoms with Gasteiger partial charge in [0, 0.05) is 12.9 Å². The molecular weight excluding hydrogens is 320 g/mol. The average molecular weight is 338 g/mol. The maximum absolute atomic E-state index is 5.98. The van der Waals surface area contributed by atoms with Gasteiger partial charge in [-0.1, -0.05) is 0 Å². The summed E-state index contributed by atoms with van der Waals surface area (Å²) >= 11 is 1.57. The summed E-state index contributed by atoms with van der Waals surface area (Å²) in [4.78, 5) is 15.6. The fourth-order valence-electron chi connectivity index (χ4n) is 2.98. The number of nitrogens with zero attached hydrogens (tertiary/aromatic N) is 3. The fraction of sp³-hybridized carbons (Fsp3) is 0.643. The highest BCUT2D eigenvalue weighted by molar-refractivity contribution is 7.99. The van der Waals surface area contributed by atoms with E-state index in [-0.39, 0.29) is 18.3 Å². The maximum Gasteiger partial charge on any atom is 0.186 e. The maximum atomic E-state index is 5.98. The van der Waals surface area contributed by atoms with Crippen molar-refractivity contribution in [2.75, 3.05) is 12.9 Å². The Morgan fingerprint density at radius 3 is 2.91 bits per heavy atom. The first-order valence-corrected chi connectivity index (χ1v) is 8.37. The van der Waals surface area contributed by atoms with Gasteiger partial charge in [-0.2, -0.15) is 0 Å². The number of methoxy groups -OCH3 is 1. The lowest BCUT2D eigenvalue weighted by atomic mass is 10.2. The molecule has 2 aliphatic heterocycles. The van der Waals surface area contributed by atoms with Gasteiger partial charge >= 0.3 is 0 Å². The molecule has 0 bridgehead atoms. The number of rotatable bonds is 4. The highest BCUT2D eigenvalue weighted by Crippen LogP contribution is 2.40. The van der Waals surface area contributed by atoms with Crippen LogP contribution in [-0.2, 0) is 18.9 Å². The first-order chi connectivity index (χ1) is 11.1. The van der Waals surface area contributed by atoms with Crippen molar-refractivity contribution in [2.45, 2.75) is 49.3 Å². The molecule has 0 unspecified atom stereocenters. The Labute approximate surface area is 137 Å². The van der Waals surface area contributed by atoms with Crippen molar-refractivity contribution in [3.8, 4) is 0 Å². The third-order valence-corrected chi connectivity index (χ3v) is 4.99. The highest BCUT2D eigenvalue weighted by Gasteiger charge is 2.55. The van der Waals surface area contributed by atoms with Gasteiger partial charge in [0.2, 0.25) is 0 Å². The lowest BCUT2D eigenvalue weighted by molar-refractivity contribution is -0.224. The van der Waals surface area contributed by atoms with E-state index in [1.807, 2.05) is 13.8 Å². The van der Waals surface area contributed by atoms with Crippen LogP contribution in [0.1, 0.15) is 13.8 Å². The molecule has 2 aromatic heterocycles. The lowest BCUT2D eigenvalue weighted by Gasteiger charge is -2.23. The molecule has 4 atom stereocenters. The monoisotopic (exact) mass is 338 g/mol. The summed E-state index contributed by atoms with van der Waals surface area (Å²) in [6.45, 7) is 3.81. The third-order valence-electron chi connectivity index (χ3n) is 3.91. The van der Waals surface area contributed by atoms with E-state index in [1.165, 1.54) is 6.33 Å². The van der Waals surface area contributed by atoms with Gasteiger partial charge in [0.05, 0.1) is 12.4 Å². The van der Waals surface area contributed by atoms with Crippen molar-refractivity contribution in [3.05, 3.63) is 12.7 Å². The Balaban J connectivity index is 1.50. The van der Waals surface area contributed by atoms with Gasteiger partial charge in [-0.25, -0.2) is 15.0 Å². The van der Waals surface area contributed by atoms with Gasteiger partial charge < -0.3 is 23.9 Å². The number of thioether (sulfide) groups is 1. The number of hydrogen-bond donors (Lipinski definition) is 1. The predicted molar refractivity (Wildman–Crippen MR) is 81.9 cm³/mol. The second-order valence-electron chi connectivity index (χ2n) is 5.93. The zero-order valence-corrected chi connectivity index (χ0v) is 13.9. The van der Waals surface area contributed by atoms with E-state index in [9.17, 15) is 0 Å². The number of fused-ring (bicyclic) bond motifs is 2. The summed E-state index contributed by atoms with van der Waals surface area (Å²) < 4.78 is 23.2. The number of nitrogens with one attached hydrogen (secondary N) is 1. The summed E-state index contributed by atoms with van der Waals surface area (Å²) in [5, 5.41) is 0.840. The van der Waals surface area contributed by atoms with Crippen molar-refractivity contribution in [1.82, 2.24) is 19.9 Å². The zero-order valence-electron chi connectivity index (χ0n) is 13.1. The van der Waals surface area contributed by atoms with Crippen LogP contribution in [0.4, 0.5) is 0 Å². The number of H-pyrrole nitrogens is 1. The molecule has 0 radical (unpaired) electrons. The van der Waals surface area contributed by atoms with Gasteiger partial charge in [0.25, 0.3) is 0 Å². The Kier molecular flexibility index (Phi) is 3.77. The van der Waals surface area contributed by atoms with Gasteiger partial charge in [0.1, 0.15) is 29.1 Å². The van der Waals surface area contributed by atoms with Crippen LogP contribution in [0.15, 0.2) is 17.7 Å². The van der Waals surface area contributed by atoms with Crippen LogP contribution in [0.5, 0.6) is 0 Å². The highest BCUT2D eigenvalue weighted by atomic mass is 32.2. The van der Waals surface area contributed by atoms with Gasteiger partial charge in [-0.15, -0.1) is 11.8 Å². The molecule has 0 saturated carbocycles. The summed E-state index contributed by atoms with van der Waals surface area (Å²) in [6.07, 6.45) is 2.22. The van der Waals surface area contributed by atoms with Crippen LogP contribution >= 0.6 is 11.8 Å². The van der Waals surface area contributed by atoms with E-state index in [2.05, 4.69) is 19.9 Å². The van der Waals surface area contributed by atoms with E-state index in [4.69, 9.17) is 18.9 Å². The summed E-state index contributed by atoms with van der Waals surface area (Å²) in [6, 6.07) is 0. The first-order valence-electron chi connectivity index (χ1n) is 7.38. The zero-order chi connectivity index (χ0) is 16.0. The largest absolute Gasteiger partial charge is 0.353 e. The van der Waals surface area contributed by atoms with Gasteiger partial charge in [0.15, 0.2) is 17.7 Å². The van der Waals surface area contributed by atoms with Crippen molar-refractivity contribution >= 4 is 22.9 Å². The molecule has 124 valence electrons. The summed E-state index contributed by atoms with van der Waals surface area (Å²) in [5.74, 6) is 0.0516. The molecule has 1 N–H and O–H groups in total. The number of imidazole rings is 1. The lowest BCUT2D eigenvalue weighted by Crippen LogP contribution is -2.31. The predicted octanol–water partition coefficient (Wildman–Crippen LogP) is 1.34.